The molecule has 31 heavy (non-hydrogen) atoms. The Morgan fingerprint density at radius 2 is 2.06 bits per heavy atom. The molecule has 2 aliphatic heterocycles. The second-order valence-electron chi connectivity index (χ2n) is 6.88. The van der Waals surface area contributed by atoms with Crippen LogP contribution >= 0.6 is 0 Å². The fourth-order valence-electron chi connectivity index (χ4n) is 2.92. The van der Waals surface area contributed by atoms with E-state index in [1.165, 1.54) is 24.3 Å². The van der Waals surface area contributed by atoms with Crippen molar-refractivity contribution in [2.45, 2.75) is 29.9 Å². The van der Waals surface area contributed by atoms with Gasteiger partial charge in [0, 0.05) is 32.5 Å². The highest BCUT2D eigenvalue weighted by atomic mass is 32.2. The molecule has 12 nitrogen and oxygen atoms in total. The van der Waals surface area contributed by atoms with Gasteiger partial charge in [0.1, 0.15) is 17.9 Å². The molecule has 0 saturated heterocycles. The van der Waals surface area contributed by atoms with Gasteiger partial charge in [-0.2, -0.15) is 4.72 Å². The number of nitrogens with zero attached hydrogens (tertiary/aromatic N) is 2. The molecule has 1 aromatic rings. The number of rotatable bonds is 10. The number of oxime groups is 1. The zero-order valence-corrected chi connectivity index (χ0v) is 17.4. The van der Waals surface area contributed by atoms with Crippen molar-refractivity contribution in [1.29, 1.82) is 0 Å². The summed E-state index contributed by atoms with van der Waals surface area (Å²) in [6.07, 6.45) is 0.568. The molecule has 0 aromatic heterocycles. The molecular formula is C18H24N6O6S. The number of carbonyl (C=O) groups is 2. The first-order chi connectivity index (χ1) is 14.8. The predicted molar refractivity (Wildman–Crippen MR) is 111 cm³/mol. The third-order valence-corrected chi connectivity index (χ3v) is 6.03. The van der Waals surface area contributed by atoms with Crippen molar-refractivity contribution in [1.82, 2.24) is 20.7 Å². The fraction of sp³-hybridized carbons (Fsp3) is 0.444. The third kappa shape index (κ3) is 6.39. The number of aliphatic carboxylic acids is 1. The van der Waals surface area contributed by atoms with E-state index in [0.717, 1.165) is 19.0 Å². The number of benzene rings is 1. The number of sulfonamides is 1. The quantitative estimate of drug-likeness (QED) is 0.289. The molecule has 2 heterocycles. The molecule has 0 aliphatic carbocycles. The first-order valence-electron chi connectivity index (χ1n) is 9.68. The van der Waals surface area contributed by atoms with Crippen molar-refractivity contribution in [3.63, 3.8) is 0 Å². The number of nitrogens with one attached hydrogen (secondary N) is 4. The Balaban J connectivity index is 1.45. The van der Waals surface area contributed by atoms with Gasteiger partial charge >= 0.3 is 5.97 Å². The molecule has 0 spiro atoms. The Bertz CT molecular complexity index is 965. The summed E-state index contributed by atoms with van der Waals surface area (Å²) in [5, 5.41) is 21.7. The number of guanidine groups is 1. The van der Waals surface area contributed by atoms with Crippen molar-refractivity contribution in [2.24, 2.45) is 10.1 Å². The van der Waals surface area contributed by atoms with Crippen molar-refractivity contribution in [3.05, 3.63) is 30.3 Å². The summed E-state index contributed by atoms with van der Waals surface area (Å²) in [6.45, 7) is 1.67. The van der Waals surface area contributed by atoms with E-state index in [1.807, 2.05) is 0 Å². The second-order valence-corrected chi connectivity index (χ2v) is 8.59. The standard InChI is InChI=1S/C18H24N6O6S/c25-16(14-10-12(30-23-14)6-7-19-18-20-8-9-21-18)22-11-15(17(26)27)24-31(28,29)13-4-2-1-3-5-13/h1-5,12,15,24H,6-11H2,(H,22,25)(H,26,27)(H2,19,20,21). The largest absolute Gasteiger partial charge is 0.480 e. The molecule has 1 amide bonds. The molecule has 2 unspecified atom stereocenters. The van der Waals surface area contributed by atoms with Crippen molar-refractivity contribution < 1.29 is 28.0 Å². The highest BCUT2D eigenvalue weighted by Gasteiger charge is 2.29. The van der Waals surface area contributed by atoms with E-state index in [4.69, 9.17) is 4.84 Å². The Morgan fingerprint density at radius 3 is 2.74 bits per heavy atom. The van der Waals surface area contributed by atoms with Gasteiger partial charge in [-0.25, -0.2) is 8.42 Å². The normalized spacial score (nSPS) is 18.9. The molecule has 2 aliphatic rings. The van der Waals surface area contributed by atoms with Crippen LogP contribution in [0.3, 0.4) is 0 Å². The van der Waals surface area contributed by atoms with Crippen LogP contribution in [0.2, 0.25) is 0 Å². The minimum atomic E-state index is -4.06. The molecule has 2 atom stereocenters. The van der Waals surface area contributed by atoms with Crippen molar-refractivity contribution in [3.8, 4) is 0 Å². The van der Waals surface area contributed by atoms with Crippen LogP contribution < -0.4 is 20.7 Å². The SMILES string of the molecule is O=C(NCC(NS(=O)(=O)c1ccccc1)C(=O)O)C1=NOC(CCNC2=NCCN2)C1. The summed E-state index contributed by atoms with van der Waals surface area (Å²) >= 11 is 0. The number of hydrogen-bond donors (Lipinski definition) is 5. The smallest absolute Gasteiger partial charge is 0.323 e. The van der Waals surface area contributed by atoms with Gasteiger partial charge in [-0.3, -0.25) is 14.6 Å². The average Bonchev–Trinajstić information content (AvgIpc) is 3.44. The highest BCUT2D eigenvalue weighted by molar-refractivity contribution is 7.89. The zero-order valence-electron chi connectivity index (χ0n) is 16.6. The third-order valence-electron chi connectivity index (χ3n) is 4.54. The van der Waals surface area contributed by atoms with Crippen LogP contribution in [-0.2, 0) is 24.4 Å². The van der Waals surface area contributed by atoms with Gasteiger partial charge in [0.15, 0.2) is 5.96 Å². The van der Waals surface area contributed by atoms with Gasteiger partial charge in [-0.1, -0.05) is 23.4 Å². The molecule has 13 heteroatoms. The molecule has 1 aromatic carbocycles. The van der Waals surface area contributed by atoms with E-state index >= 15 is 0 Å². The van der Waals surface area contributed by atoms with E-state index in [2.05, 4.69) is 30.8 Å². The number of carbonyl (C=O) groups excluding carboxylic acids is 1. The number of aliphatic imine (C=N–C) groups is 1. The average molecular weight is 452 g/mol. The number of hydrogen-bond acceptors (Lipinski definition) is 9. The summed E-state index contributed by atoms with van der Waals surface area (Å²) < 4.78 is 26.8. The van der Waals surface area contributed by atoms with Gasteiger partial charge in [-0.05, 0) is 12.1 Å². The lowest BCUT2D eigenvalue weighted by Gasteiger charge is -2.15. The maximum absolute atomic E-state index is 12.3. The zero-order chi connectivity index (χ0) is 22.3. The summed E-state index contributed by atoms with van der Waals surface area (Å²) in [7, 11) is -4.06. The van der Waals surface area contributed by atoms with Gasteiger partial charge < -0.3 is 25.9 Å². The minimum absolute atomic E-state index is 0.0728. The maximum Gasteiger partial charge on any atom is 0.323 e. The molecule has 0 fully saturated rings. The molecule has 5 N–H and O–H groups in total. The lowest BCUT2D eigenvalue weighted by atomic mass is 10.1. The molecule has 0 bridgehead atoms. The van der Waals surface area contributed by atoms with Crippen LogP contribution in [0, 0.1) is 0 Å². The molecule has 0 saturated carbocycles. The Morgan fingerprint density at radius 1 is 1.29 bits per heavy atom. The first-order valence-corrected chi connectivity index (χ1v) is 11.2. The van der Waals surface area contributed by atoms with Crippen LogP contribution in [0.4, 0.5) is 0 Å². The molecule has 168 valence electrons. The Hall–Kier alpha value is -3.19. The van der Waals surface area contributed by atoms with Gasteiger partial charge in [-0.15, -0.1) is 0 Å². The van der Waals surface area contributed by atoms with Gasteiger partial charge in [0.05, 0.1) is 11.4 Å². The highest BCUT2D eigenvalue weighted by Crippen LogP contribution is 2.14. The van der Waals surface area contributed by atoms with Crippen LogP contribution in [0.5, 0.6) is 0 Å². The maximum atomic E-state index is 12.3. The van der Waals surface area contributed by atoms with E-state index in [-0.39, 0.29) is 23.1 Å². The van der Waals surface area contributed by atoms with Crippen LogP contribution in [0.1, 0.15) is 12.8 Å². The molecule has 0 radical (unpaired) electrons. The van der Waals surface area contributed by atoms with Crippen LogP contribution in [0.15, 0.2) is 45.4 Å². The fourth-order valence-corrected chi connectivity index (χ4v) is 4.13. The number of carboxylic acids is 1. The Kier molecular flexibility index (Phi) is 7.41. The number of amides is 1. The van der Waals surface area contributed by atoms with E-state index in [1.54, 1.807) is 6.07 Å². The topological polar surface area (TPSA) is 171 Å². The van der Waals surface area contributed by atoms with Crippen molar-refractivity contribution in [2.75, 3.05) is 26.2 Å². The molecular weight excluding hydrogens is 428 g/mol. The summed E-state index contributed by atoms with van der Waals surface area (Å²) in [6, 6.07) is 5.82. The predicted octanol–water partition coefficient (Wildman–Crippen LogP) is -1.38. The van der Waals surface area contributed by atoms with E-state index < -0.39 is 34.5 Å². The first kappa shape index (κ1) is 22.5. The summed E-state index contributed by atoms with van der Waals surface area (Å²) in [4.78, 5) is 33.1. The molecule has 3 rings (SSSR count). The second kappa shape index (κ2) is 10.2. The minimum Gasteiger partial charge on any atom is -0.480 e. The van der Waals surface area contributed by atoms with Gasteiger partial charge in [0.25, 0.3) is 5.91 Å². The summed E-state index contributed by atoms with van der Waals surface area (Å²) in [5.74, 6) is -1.30. The van der Waals surface area contributed by atoms with Gasteiger partial charge in [0.2, 0.25) is 10.0 Å². The lowest BCUT2D eigenvalue weighted by Crippen LogP contribution is -2.49. The lowest BCUT2D eigenvalue weighted by molar-refractivity contribution is -0.138. The Labute approximate surface area is 179 Å². The summed E-state index contributed by atoms with van der Waals surface area (Å²) in [5.41, 5.74) is 0.122. The van der Waals surface area contributed by atoms with Crippen LogP contribution in [0.25, 0.3) is 0 Å². The van der Waals surface area contributed by atoms with Crippen LogP contribution in [-0.4, -0.2) is 75.4 Å². The number of carboxylic acid groups (broad SMARTS) is 1. The van der Waals surface area contributed by atoms with E-state index in [9.17, 15) is 23.1 Å². The van der Waals surface area contributed by atoms with Crippen molar-refractivity contribution >= 4 is 33.6 Å². The monoisotopic (exact) mass is 452 g/mol. The van der Waals surface area contributed by atoms with E-state index in [0.29, 0.717) is 13.0 Å².